The Bertz CT molecular complexity index is 652. The molecular weight excluding hydrogens is 319 g/mol. The molecule has 6 nitrogen and oxygen atoms in total. The molecule has 0 radical (unpaired) electrons. The van der Waals surface area contributed by atoms with Gasteiger partial charge in [0.1, 0.15) is 25.2 Å². The van der Waals surface area contributed by atoms with Crippen LogP contribution in [0.3, 0.4) is 0 Å². The molecule has 1 aromatic heterocycles. The maximum Gasteiger partial charge on any atom is 0.406 e. The van der Waals surface area contributed by atoms with E-state index in [1.807, 2.05) is 0 Å². The summed E-state index contributed by atoms with van der Waals surface area (Å²) in [6, 6.07) is 7.87. The fraction of sp³-hybridized carbons (Fsp3) is 0.154. The summed E-state index contributed by atoms with van der Waals surface area (Å²) in [6.07, 6.45) is 1.33. The number of hydrogen-bond donors (Lipinski definition) is 0. The predicted octanol–water partition coefficient (Wildman–Crippen LogP) is 3.75. The van der Waals surface area contributed by atoms with Crippen LogP contribution in [0.1, 0.15) is 0 Å². The standard InChI is InChI=1S/C13H10Cl2N2O4/c14-9-3-4-11(10(15)8-9)20-6-7-21-12-2-1-5-16-13(12)17(18)19/h1-5,8H,6-7H2. The van der Waals surface area contributed by atoms with Gasteiger partial charge in [0.15, 0.2) is 0 Å². The van der Waals surface area contributed by atoms with Crippen molar-refractivity contribution in [2.75, 3.05) is 13.2 Å². The van der Waals surface area contributed by atoms with Crippen LogP contribution in [0.5, 0.6) is 11.5 Å². The Morgan fingerprint density at radius 3 is 2.52 bits per heavy atom. The zero-order chi connectivity index (χ0) is 15.2. The summed E-state index contributed by atoms with van der Waals surface area (Å²) in [5, 5.41) is 11.6. The minimum absolute atomic E-state index is 0.0910. The van der Waals surface area contributed by atoms with Crippen molar-refractivity contribution in [3.63, 3.8) is 0 Å². The van der Waals surface area contributed by atoms with Crippen molar-refractivity contribution in [2.24, 2.45) is 0 Å². The largest absolute Gasteiger partial charge is 0.488 e. The van der Waals surface area contributed by atoms with Crippen LogP contribution < -0.4 is 9.47 Å². The average molecular weight is 329 g/mol. The normalized spacial score (nSPS) is 10.2. The van der Waals surface area contributed by atoms with E-state index in [2.05, 4.69) is 4.98 Å². The molecule has 0 unspecified atom stereocenters. The van der Waals surface area contributed by atoms with Gasteiger partial charge in [-0.15, -0.1) is 0 Å². The van der Waals surface area contributed by atoms with Gasteiger partial charge < -0.3 is 19.6 Å². The molecule has 0 amide bonds. The van der Waals surface area contributed by atoms with Gasteiger partial charge in [-0.25, -0.2) is 0 Å². The second-order valence-corrected chi connectivity index (χ2v) is 4.70. The van der Waals surface area contributed by atoms with Gasteiger partial charge in [-0.3, -0.25) is 0 Å². The third kappa shape index (κ3) is 4.21. The number of hydrogen-bond acceptors (Lipinski definition) is 5. The van der Waals surface area contributed by atoms with Crippen molar-refractivity contribution in [1.29, 1.82) is 0 Å². The van der Waals surface area contributed by atoms with E-state index in [4.69, 9.17) is 32.7 Å². The Morgan fingerprint density at radius 1 is 1.14 bits per heavy atom. The third-order valence-electron chi connectivity index (χ3n) is 2.42. The van der Waals surface area contributed by atoms with Crippen molar-refractivity contribution in [3.8, 4) is 11.5 Å². The minimum atomic E-state index is -0.605. The number of pyridine rings is 1. The van der Waals surface area contributed by atoms with Gasteiger partial charge in [-0.05, 0) is 40.2 Å². The van der Waals surface area contributed by atoms with Gasteiger partial charge in [0.25, 0.3) is 0 Å². The average Bonchev–Trinajstić information content (AvgIpc) is 2.45. The Kier molecular flexibility index (Phi) is 5.19. The highest BCUT2D eigenvalue weighted by Gasteiger charge is 2.15. The molecule has 1 heterocycles. The van der Waals surface area contributed by atoms with Crippen LogP contribution in [0.2, 0.25) is 10.0 Å². The van der Waals surface area contributed by atoms with Crippen LogP contribution in [0.25, 0.3) is 0 Å². The number of benzene rings is 1. The second kappa shape index (κ2) is 7.10. The summed E-state index contributed by atoms with van der Waals surface area (Å²) < 4.78 is 10.7. The summed E-state index contributed by atoms with van der Waals surface area (Å²) >= 11 is 11.7. The lowest BCUT2D eigenvalue weighted by molar-refractivity contribution is -0.390. The fourth-order valence-electron chi connectivity index (χ4n) is 1.53. The quantitative estimate of drug-likeness (QED) is 0.458. The van der Waals surface area contributed by atoms with Gasteiger partial charge in [0, 0.05) is 5.02 Å². The number of ether oxygens (including phenoxy) is 2. The fourth-order valence-corrected chi connectivity index (χ4v) is 1.99. The number of halogens is 2. The first-order valence-corrected chi connectivity index (χ1v) is 6.63. The van der Waals surface area contributed by atoms with Gasteiger partial charge in [0.2, 0.25) is 5.75 Å². The molecule has 110 valence electrons. The summed E-state index contributed by atoms with van der Waals surface area (Å²) in [7, 11) is 0. The van der Waals surface area contributed by atoms with E-state index >= 15 is 0 Å². The number of rotatable bonds is 6. The maximum atomic E-state index is 10.8. The van der Waals surface area contributed by atoms with E-state index in [1.54, 1.807) is 24.3 Å². The van der Waals surface area contributed by atoms with E-state index in [0.29, 0.717) is 15.8 Å². The first-order chi connectivity index (χ1) is 10.1. The Balaban J connectivity index is 1.89. The van der Waals surface area contributed by atoms with Gasteiger partial charge in [-0.1, -0.05) is 23.2 Å². The molecule has 0 N–H and O–H groups in total. The smallest absolute Gasteiger partial charge is 0.406 e. The molecule has 0 aliphatic rings. The number of aromatic nitrogens is 1. The zero-order valence-corrected chi connectivity index (χ0v) is 12.2. The maximum absolute atomic E-state index is 10.8. The number of nitro groups is 1. The lowest BCUT2D eigenvalue weighted by atomic mass is 10.3. The molecule has 21 heavy (non-hydrogen) atoms. The van der Waals surface area contributed by atoms with Crippen LogP contribution in [0, 0.1) is 10.1 Å². The van der Waals surface area contributed by atoms with Crippen LogP contribution in [0.4, 0.5) is 5.82 Å². The molecule has 0 saturated carbocycles. The summed E-state index contributed by atoms with van der Waals surface area (Å²) in [4.78, 5) is 13.8. The number of nitrogens with zero attached hydrogens (tertiary/aromatic N) is 2. The highest BCUT2D eigenvalue weighted by atomic mass is 35.5. The highest BCUT2D eigenvalue weighted by molar-refractivity contribution is 6.35. The highest BCUT2D eigenvalue weighted by Crippen LogP contribution is 2.27. The van der Waals surface area contributed by atoms with Crippen molar-refractivity contribution in [3.05, 3.63) is 56.7 Å². The van der Waals surface area contributed by atoms with E-state index < -0.39 is 4.92 Å². The molecule has 0 spiro atoms. The minimum Gasteiger partial charge on any atom is -0.488 e. The molecular formula is C13H10Cl2N2O4. The van der Waals surface area contributed by atoms with Crippen LogP contribution >= 0.6 is 23.2 Å². The molecule has 8 heteroatoms. The van der Waals surface area contributed by atoms with E-state index in [-0.39, 0.29) is 24.8 Å². The molecule has 0 aliphatic heterocycles. The van der Waals surface area contributed by atoms with E-state index in [1.165, 1.54) is 12.3 Å². The monoisotopic (exact) mass is 328 g/mol. The third-order valence-corrected chi connectivity index (χ3v) is 2.95. The van der Waals surface area contributed by atoms with Crippen LogP contribution in [0.15, 0.2) is 36.5 Å². The van der Waals surface area contributed by atoms with Crippen molar-refractivity contribution < 1.29 is 14.4 Å². The van der Waals surface area contributed by atoms with Gasteiger partial charge >= 0.3 is 5.82 Å². The molecule has 0 atom stereocenters. The molecule has 2 aromatic rings. The molecule has 0 aliphatic carbocycles. The summed E-state index contributed by atoms with van der Waals surface area (Å²) in [5.74, 6) is 0.223. The van der Waals surface area contributed by atoms with Gasteiger partial charge in [-0.2, -0.15) is 0 Å². The molecule has 1 aromatic carbocycles. The second-order valence-electron chi connectivity index (χ2n) is 3.85. The first-order valence-electron chi connectivity index (χ1n) is 5.88. The Hall–Kier alpha value is -2.05. The zero-order valence-electron chi connectivity index (χ0n) is 10.7. The van der Waals surface area contributed by atoms with Crippen molar-refractivity contribution in [1.82, 2.24) is 4.98 Å². The summed E-state index contributed by atoms with van der Waals surface area (Å²) in [5.41, 5.74) is 0. The molecule has 2 rings (SSSR count). The lowest BCUT2D eigenvalue weighted by Crippen LogP contribution is -2.10. The predicted molar refractivity (Wildman–Crippen MR) is 78.3 cm³/mol. The lowest BCUT2D eigenvalue weighted by Gasteiger charge is -2.09. The van der Waals surface area contributed by atoms with E-state index in [0.717, 1.165) is 0 Å². The van der Waals surface area contributed by atoms with Gasteiger partial charge in [0.05, 0.1) is 5.02 Å². The molecule has 0 fully saturated rings. The first kappa shape index (κ1) is 15.3. The topological polar surface area (TPSA) is 74.5 Å². The van der Waals surface area contributed by atoms with Crippen molar-refractivity contribution >= 4 is 29.0 Å². The SMILES string of the molecule is O=[N+]([O-])c1ncccc1OCCOc1ccc(Cl)cc1Cl. The summed E-state index contributed by atoms with van der Waals surface area (Å²) in [6.45, 7) is 0.291. The molecule has 0 saturated heterocycles. The Labute approximate surface area is 130 Å². The van der Waals surface area contributed by atoms with Crippen LogP contribution in [-0.2, 0) is 0 Å². The van der Waals surface area contributed by atoms with Crippen LogP contribution in [-0.4, -0.2) is 23.1 Å². The van der Waals surface area contributed by atoms with Crippen molar-refractivity contribution in [2.45, 2.75) is 0 Å². The Morgan fingerprint density at radius 2 is 1.86 bits per heavy atom. The molecule has 0 bridgehead atoms. The van der Waals surface area contributed by atoms with E-state index in [9.17, 15) is 10.1 Å².